The lowest BCUT2D eigenvalue weighted by Gasteiger charge is -2.19. The summed E-state index contributed by atoms with van der Waals surface area (Å²) in [5.74, 6) is 0.866. The Morgan fingerprint density at radius 1 is 0.720 bits per heavy atom. The van der Waals surface area contributed by atoms with Crippen molar-refractivity contribution in [2.24, 2.45) is 0 Å². The maximum Gasteiger partial charge on any atom is 0.141 e. The summed E-state index contributed by atoms with van der Waals surface area (Å²) in [5.41, 5.74) is 3.54. The second-order valence-electron chi connectivity index (χ2n) is 6.07. The summed E-state index contributed by atoms with van der Waals surface area (Å²) >= 11 is 7.44. The van der Waals surface area contributed by atoms with E-state index in [1.807, 2.05) is 0 Å². The molecular weight excluding hydrogens is 440 g/mol. The molecule has 25 heavy (non-hydrogen) atoms. The van der Waals surface area contributed by atoms with E-state index in [4.69, 9.17) is 4.74 Å². The molecule has 0 bridgehead atoms. The van der Waals surface area contributed by atoms with Crippen LogP contribution in [0.1, 0.15) is 5.56 Å². The fourth-order valence-corrected chi connectivity index (χ4v) is 4.53. The van der Waals surface area contributed by atoms with E-state index >= 15 is 0 Å². The normalized spacial score (nSPS) is 11.2. The Morgan fingerprint density at radius 2 is 1.24 bits per heavy atom. The first kappa shape index (κ1) is 16.6. The Hall–Kier alpha value is -1.84. The summed E-state index contributed by atoms with van der Waals surface area (Å²) in [5, 5.41) is 4.81. The molecule has 4 aromatic carbocycles. The van der Waals surface area contributed by atoms with Gasteiger partial charge in [-0.25, -0.2) is 0 Å². The van der Waals surface area contributed by atoms with E-state index in [0.29, 0.717) is 0 Å². The molecule has 124 valence electrons. The van der Waals surface area contributed by atoms with Crippen LogP contribution in [-0.2, 0) is 0 Å². The van der Waals surface area contributed by atoms with Gasteiger partial charge < -0.3 is 4.74 Å². The largest absolute Gasteiger partial charge is 0.495 e. The molecule has 0 aliphatic heterocycles. The van der Waals surface area contributed by atoms with Crippen LogP contribution in [0.15, 0.2) is 69.6 Å². The standard InChI is InChI=1S/C22H16Br2O/c1-13-18(23)11-14-7-3-5-9-16(14)20(13)21-17-10-6-4-8-15(17)12-19(24)22(21)25-2/h3-12H,1-2H3. The number of hydrogen-bond donors (Lipinski definition) is 0. The third-order valence-corrected chi connectivity index (χ3v) is 6.07. The summed E-state index contributed by atoms with van der Waals surface area (Å²) in [6, 6.07) is 21.2. The van der Waals surface area contributed by atoms with E-state index in [9.17, 15) is 0 Å². The van der Waals surface area contributed by atoms with E-state index in [-0.39, 0.29) is 0 Å². The highest BCUT2D eigenvalue weighted by Gasteiger charge is 2.19. The number of fused-ring (bicyclic) bond motifs is 2. The molecule has 0 fully saturated rings. The van der Waals surface area contributed by atoms with Crippen molar-refractivity contribution in [2.75, 3.05) is 7.11 Å². The van der Waals surface area contributed by atoms with E-state index in [2.05, 4.69) is 99.4 Å². The summed E-state index contributed by atoms with van der Waals surface area (Å²) in [6.07, 6.45) is 0. The van der Waals surface area contributed by atoms with Crippen LogP contribution in [0.5, 0.6) is 5.75 Å². The van der Waals surface area contributed by atoms with Gasteiger partial charge in [-0.3, -0.25) is 0 Å². The van der Waals surface area contributed by atoms with Gasteiger partial charge in [0, 0.05) is 10.0 Å². The molecule has 0 atom stereocenters. The maximum atomic E-state index is 5.82. The first-order valence-corrected chi connectivity index (χ1v) is 9.64. The minimum atomic E-state index is 0.866. The Balaban J connectivity index is 2.27. The molecule has 0 radical (unpaired) electrons. The zero-order valence-electron chi connectivity index (χ0n) is 13.9. The summed E-state index contributed by atoms with van der Waals surface area (Å²) in [4.78, 5) is 0. The van der Waals surface area contributed by atoms with E-state index in [1.54, 1.807) is 7.11 Å². The van der Waals surface area contributed by atoms with Crippen LogP contribution in [0.2, 0.25) is 0 Å². The van der Waals surface area contributed by atoms with E-state index in [0.717, 1.165) is 20.3 Å². The smallest absolute Gasteiger partial charge is 0.141 e. The van der Waals surface area contributed by atoms with Crippen LogP contribution in [0.3, 0.4) is 0 Å². The van der Waals surface area contributed by atoms with Crippen LogP contribution >= 0.6 is 31.9 Å². The van der Waals surface area contributed by atoms with Crippen molar-refractivity contribution in [1.29, 1.82) is 0 Å². The van der Waals surface area contributed by atoms with Crippen LogP contribution in [0.25, 0.3) is 32.7 Å². The molecule has 0 heterocycles. The van der Waals surface area contributed by atoms with Crippen molar-refractivity contribution in [3.8, 4) is 16.9 Å². The molecular formula is C22H16Br2O. The summed E-state index contributed by atoms with van der Waals surface area (Å²) < 4.78 is 7.89. The summed E-state index contributed by atoms with van der Waals surface area (Å²) in [6.45, 7) is 2.15. The van der Waals surface area contributed by atoms with Crippen molar-refractivity contribution in [3.63, 3.8) is 0 Å². The molecule has 1 nitrogen and oxygen atoms in total. The van der Waals surface area contributed by atoms with Crippen molar-refractivity contribution < 1.29 is 4.74 Å². The number of rotatable bonds is 2. The highest BCUT2D eigenvalue weighted by atomic mass is 79.9. The average molecular weight is 456 g/mol. The van der Waals surface area contributed by atoms with Gasteiger partial charge in [0.1, 0.15) is 5.75 Å². The van der Waals surface area contributed by atoms with E-state index in [1.165, 1.54) is 32.7 Å². The van der Waals surface area contributed by atoms with Crippen LogP contribution in [0.4, 0.5) is 0 Å². The molecule has 3 heteroatoms. The minimum Gasteiger partial charge on any atom is -0.495 e. The molecule has 0 spiro atoms. The van der Waals surface area contributed by atoms with Gasteiger partial charge >= 0.3 is 0 Å². The van der Waals surface area contributed by atoms with E-state index < -0.39 is 0 Å². The van der Waals surface area contributed by atoms with Crippen molar-refractivity contribution in [2.45, 2.75) is 6.92 Å². The minimum absolute atomic E-state index is 0.866. The first-order chi connectivity index (χ1) is 12.1. The Kier molecular flexibility index (Phi) is 4.30. The zero-order valence-corrected chi connectivity index (χ0v) is 17.1. The second kappa shape index (κ2) is 6.47. The molecule has 0 aliphatic carbocycles. The number of hydrogen-bond acceptors (Lipinski definition) is 1. The van der Waals surface area contributed by atoms with Crippen molar-refractivity contribution in [1.82, 2.24) is 0 Å². The Bertz CT molecular complexity index is 1120. The lowest BCUT2D eigenvalue weighted by atomic mass is 9.90. The number of ether oxygens (including phenoxy) is 1. The predicted octanol–water partition coefficient (Wildman–Crippen LogP) is 7.50. The fourth-order valence-electron chi connectivity index (χ4n) is 3.48. The van der Waals surface area contributed by atoms with Gasteiger partial charge in [-0.05, 0) is 67.7 Å². The monoisotopic (exact) mass is 454 g/mol. The zero-order chi connectivity index (χ0) is 17.6. The lowest BCUT2D eigenvalue weighted by Crippen LogP contribution is -1.95. The fraction of sp³-hybridized carbons (Fsp3) is 0.0909. The predicted molar refractivity (Wildman–Crippen MR) is 114 cm³/mol. The Morgan fingerprint density at radius 3 is 1.84 bits per heavy atom. The molecule has 0 saturated carbocycles. The first-order valence-electron chi connectivity index (χ1n) is 8.05. The highest BCUT2D eigenvalue weighted by molar-refractivity contribution is 9.10. The van der Waals surface area contributed by atoms with Gasteiger partial charge in [0.25, 0.3) is 0 Å². The topological polar surface area (TPSA) is 9.23 Å². The van der Waals surface area contributed by atoms with Gasteiger partial charge in [0.05, 0.1) is 11.6 Å². The van der Waals surface area contributed by atoms with Crippen LogP contribution in [-0.4, -0.2) is 7.11 Å². The number of halogens is 2. The van der Waals surface area contributed by atoms with Crippen LogP contribution < -0.4 is 4.74 Å². The lowest BCUT2D eigenvalue weighted by molar-refractivity contribution is 0.414. The van der Waals surface area contributed by atoms with Gasteiger partial charge in [0.2, 0.25) is 0 Å². The molecule has 0 aliphatic rings. The Labute approximate surface area is 163 Å². The number of methoxy groups -OCH3 is 1. The molecule has 4 rings (SSSR count). The average Bonchev–Trinajstić information content (AvgIpc) is 2.62. The molecule has 0 saturated heterocycles. The van der Waals surface area contributed by atoms with Crippen molar-refractivity contribution >= 4 is 53.4 Å². The maximum absolute atomic E-state index is 5.82. The molecule has 0 amide bonds. The molecule has 0 aromatic heterocycles. The molecule has 0 unspecified atom stereocenters. The van der Waals surface area contributed by atoms with Crippen LogP contribution in [0, 0.1) is 6.92 Å². The van der Waals surface area contributed by atoms with Gasteiger partial charge in [-0.2, -0.15) is 0 Å². The van der Waals surface area contributed by atoms with Crippen molar-refractivity contribution in [3.05, 3.63) is 75.2 Å². The SMILES string of the molecule is COc1c(Br)cc2ccccc2c1-c1c(C)c(Br)cc2ccccc12. The number of benzene rings is 4. The summed E-state index contributed by atoms with van der Waals surface area (Å²) in [7, 11) is 1.73. The van der Waals surface area contributed by atoms with Gasteiger partial charge in [-0.1, -0.05) is 64.5 Å². The van der Waals surface area contributed by atoms with Gasteiger partial charge in [0.15, 0.2) is 0 Å². The highest BCUT2D eigenvalue weighted by Crippen LogP contribution is 2.47. The third-order valence-electron chi connectivity index (χ3n) is 4.66. The third kappa shape index (κ3) is 2.66. The molecule has 0 N–H and O–H groups in total. The van der Waals surface area contributed by atoms with Gasteiger partial charge in [-0.15, -0.1) is 0 Å². The quantitative estimate of drug-likeness (QED) is 0.304. The second-order valence-corrected chi connectivity index (χ2v) is 7.78. The molecule has 4 aromatic rings.